The van der Waals surface area contributed by atoms with Gasteiger partial charge < -0.3 is 4.74 Å². The van der Waals surface area contributed by atoms with E-state index in [4.69, 9.17) is 4.74 Å². The maximum Gasteiger partial charge on any atom is 0.262 e. The van der Waals surface area contributed by atoms with Gasteiger partial charge in [-0.05, 0) is 61.7 Å². The zero-order chi connectivity index (χ0) is 17.1. The summed E-state index contributed by atoms with van der Waals surface area (Å²) in [5, 5.41) is 1.01. The molecule has 2 aromatic carbocycles. The first-order chi connectivity index (χ1) is 11.6. The molecular formula is C21H23NO2. The van der Waals surface area contributed by atoms with Crippen LogP contribution in [0.2, 0.25) is 0 Å². The number of fused-ring (bicyclic) bond motifs is 1. The summed E-state index contributed by atoms with van der Waals surface area (Å²) in [6.45, 7) is 4.15. The van der Waals surface area contributed by atoms with E-state index in [1.165, 1.54) is 18.4 Å². The molecule has 1 heterocycles. The summed E-state index contributed by atoms with van der Waals surface area (Å²) in [4.78, 5) is 13.0. The lowest BCUT2D eigenvalue weighted by molar-refractivity contribution is 0.0963. The van der Waals surface area contributed by atoms with Crippen molar-refractivity contribution in [2.24, 2.45) is 0 Å². The van der Waals surface area contributed by atoms with Gasteiger partial charge in [0, 0.05) is 16.6 Å². The van der Waals surface area contributed by atoms with E-state index in [9.17, 15) is 4.79 Å². The standard InChI is InChI=1S/C21H23NO2/c1-4-5-6-16-7-9-17(10-8-16)21(23)22-15(2)13-18-14-19(24-3)11-12-20(18)22/h7-14H,4-6H2,1-3H3. The van der Waals surface area contributed by atoms with E-state index < -0.39 is 0 Å². The van der Waals surface area contributed by atoms with Crippen molar-refractivity contribution >= 4 is 16.8 Å². The molecule has 124 valence electrons. The largest absolute Gasteiger partial charge is 0.497 e. The van der Waals surface area contributed by atoms with Gasteiger partial charge in [0.15, 0.2) is 0 Å². The number of rotatable bonds is 5. The Morgan fingerprint density at radius 2 is 1.83 bits per heavy atom. The van der Waals surface area contributed by atoms with Crippen LogP contribution in [-0.4, -0.2) is 17.6 Å². The molecule has 0 aliphatic rings. The zero-order valence-corrected chi connectivity index (χ0v) is 14.5. The van der Waals surface area contributed by atoms with Crippen molar-refractivity contribution in [3.05, 3.63) is 65.4 Å². The molecule has 0 saturated heterocycles. The van der Waals surface area contributed by atoms with E-state index in [-0.39, 0.29) is 5.91 Å². The quantitative estimate of drug-likeness (QED) is 0.663. The number of hydrogen-bond donors (Lipinski definition) is 0. The predicted octanol–water partition coefficient (Wildman–Crippen LogP) is 4.99. The lowest BCUT2D eigenvalue weighted by Gasteiger charge is -2.08. The Hall–Kier alpha value is -2.55. The van der Waals surface area contributed by atoms with Crippen LogP contribution < -0.4 is 4.74 Å². The van der Waals surface area contributed by atoms with Gasteiger partial charge in [-0.25, -0.2) is 0 Å². The smallest absolute Gasteiger partial charge is 0.262 e. The molecule has 0 radical (unpaired) electrons. The SMILES string of the molecule is CCCCc1ccc(C(=O)n2c(C)cc3cc(OC)ccc32)cc1. The molecular weight excluding hydrogens is 298 g/mol. The Bertz CT molecular complexity index is 859. The molecule has 0 aliphatic carbocycles. The van der Waals surface area contributed by atoms with Gasteiger partial charge in [0.2, 0.25) is 0 Å². The van der Waals surface area contributed by atoms with E-state index in [1.807, 2.05) is 43.3 Å². The fraction of sp³-hybridized carbons (Fsp3) is 0.286. The van der Waals surface area contributed by atoms with Crippen LogP contribution in [0.5, 0.6) is 5.75 Å². The molecule has 0 aliphatic heterocycles. The monoisotopic (exact) mass is 321 g/mol. The first-order valence-corrected chi connectivity index (χ1v) is 8.43. The molecule has 0 saturated carbocycles. The highest BCUT2D eigenvalue weighted by atomic mass is 16.5. The van der Waals surface area contributed by atoms with Gasteiger partial charge >= 0.3 is 0 Å². The van der Waals surface area contributed by atoms with Crippen molar-refractivity contribution in [2.75, 3.05) is 7.11 Å². The molecule has 0 fully saturated rings. The lowest BCUT2D eigenvalue weighted by Crippen LogP contribution is -2.13. The second-order valence-electron chi connectivity index (χ2n) is 6.15. The normalized spacial score (nSPS) is 11.0. The van der Waals surface area contributed by atoms with Crippen molar-refractivity contribution < 1.29 is 9.53 Å². The Morgan fingerprint density at radius 3 is 2.50 bits per heavy atom. The molecule has 0 atom stereocenters. The van der Waals surface area contributed by atoms with Crippen molar-refractivity contribution in [3.63, 3.8) is 0 Å². The summed E-state index contributed by atoms with van der Waals surface area (Å²) in [6, 6.07) is 15.8. The van der Waals surface area contributed by atoms with Crippen LogP contribution >= 0.6 is 0 Å². The van der Waals surface area contributed by atoms with Gasteiger partial charge in [-0.3, -0.25) is 9.36 Å². The third kappa shape index (κ3) is 3.07. The van der Waals surface area contributed by atoms with E-state index >= 15 is 0 Å². The number of ether oxygens (including phenoxy) is 1. The average Bonchev–Trinajstić information content (AvgIpc) is 2.94. The molecule has 0 N–H and O–H groups in total. The fourth-order valence-electron chi connectivity index (χ4n) is 3.05. The minimum atomic E-state index is 0.00899. The summed E-state index contributed by atoms with van der Waals surface area (Å²) < 4.78 is 7.04. The van der Waals surface area contributed by atoms with Gasteiger partial charge in [-0.2, -0.15) is 0 Å². The number of benzene rings is 2. The fourth-order valence-corrected chi connectivity index (χ4v) is 3.05. The number of aromatic nitrogens is 1. The van der Waals surface area contributed by atoms with Gasteiger partial charge in [-0.15, -0.1) is 0 Å². The summed E-state index contributed by atoms with van der Waals surface area (Å²) in [5.41, 5.74) is 3.84. The molecule has 3 aromatic rings. The van der Waals surface area contributed by atoms with Crippen molar-refractivity contribution in [1.29, 1.82) is 0 Å². The third-order valence-electron chi connectivity index (χ3n) is 4.42. The second kappa shape index (κ2) is 6.91. The molecule has 3 heteroatoms. The van der Waals surface area contributed by atoms with Crippen molar-refractivity contribution in [2.45, 2.75) is 33.1 Å². The Balaban J connectivity index is 1.94. The van der Waals surface area contributed by atoms with Gasteiger partial charge in [0.1, 0.15) is 5.75 Å². The van der Waals surface area contributed by atoms with Crippen LogP contribution in [0.15, 0.2) is 48.5 Å². The minimum Gasteiger partial charge on any atom is -0.497 e. The maximum atomic E-state index is 13.0. The van der Waals surface area contributed by atoms with E-state index in [2.05, 4.69) is 19.1 Å². The van der Waals surface area contributed by atoms with Crippen LogP contribution in [0.4, 0.5) is 0 Å². The highest BCUT2D eigenvalue weighted by molar-refractivity contribution is 6.03. The number of carbonyl (C=O) groups is 1. The molecule has 3 rings (SSSR count). The van der Waals surface area contributed by atoms with Gasteiger partial charge in [-0.1, -0.05) is 25.5 Å². The maximum absolute atomic E-state index is 13.0. The Labute approximate surface area is 142 Å². The van der Waals surface area contributed by atoms with Crippen molar-refractivity contribution in [3.8, 4) is 5.75 Å². The Kier molecular flexibility index (Phi) is 4.70. The number of methoxy groups -OCH3 is 1. The van der Waals surface area contributed by atoms with Crippen LogP contribution in [0.25, 0.3) is 10.9 Å². The topological polar surface area (TPSA) is 31.2 Å². The first kappa shape index (κ1) is 16.3. The van der Waals surface area contributed by atoms with Crippen LogP contribution in [0, 0.1) is 6.92 Å². The van der Waals surface area contributed by atoms with Crippen LogP contribution in [0.3, 0.4) is 0 Å². The van der Waals surface area contributed by atoms with Gasteiger partial charge in [0.05, 0.1) is 12.6 Å². The molecule has 24 heavy (non-hydrogen) atoms. The molecule has 0 unspecified atom stereocenters. The number of carbonyl (C=O) groups excluding carboxylic acids is 1. The highest BCUT2D eigenvalue weighted by Crippen LogP contribution is 2.25. The van der Waals surface area contributed by atoms with Crippen LogP contribution in [-0.2, 0) is 6.42 Å². The van der Waals surface area contributed by atoms with E-state index in [0.29, 0.717) is 5.56 Å². The molecule has 0 spiro atoms. The minimum absolute atomic E-state index is 0.00899. The number of unbranched alkanes of at least 4 members (excludes halogenated alkanes) is 1. The lowest BCUT2D eigenvalue weighted by atomic mass is 10.1. The number of hydrogen-bond acceptors (Lipinski definition) is 2. The van der Waals surface area contributed by atoms with Gasteiger partial charge in [0.25, 0.3) is 5.91 Å². The zero-order valence-electron chi connectivity index (χ0n) is 14.5. The number of aryl methyl sites for hydroxylation is 2. The second-order valence-corrected chi connectivity index (χ2v) is 6.15. The van der Waals surface area contributed by atoms with Crippen molar-refractivity contribution in [1.82, 2.24) is 4.57 Å². The first-order valence-electron chi connectivity index (χ1n) is 8.43. The molecule has 1 aromatic heterocycles. The summed E-state index contributed by atoms with van der Waals surface area (Å²) in [5.74, 6) is 0.807. The predicted molar refractivity (Wildman–Crippen MR) is 98.0 cm³/mol. The van der Waals surface area contributed by atoms with E-state index in [0.717, 1.165) is 28.8 Å². The molecule has 3 nitrogen and oxygen atoms in total. The molecule has 0 bridgehead atoms. The number of nitrogens with zero attached hydrogens (tertiary/aromatic N) is 1. The summed E-state index contributed by atoms with van der Waals surface area (Å²) in [7, 11) is 1.65. The summed E-state index contributed by atoms with van der Waals surface area (Å²) in [6.07, 6.45) is 3.42. The average molecular weight is 321 g/mol. The molecule has 0 amide bonds. The third-order valence-corrected chi connectivity index (χ3v) is 4.42. The highest BCUT2D eigenvalue weighted by Gasteiger charge is 2.15. The van der Waals surface area contributed by atoms with E-state index in [1.54, 1.807) is 11.7 Å². The Morgan fingerprint density at radius 1 is 1.08 bits per heavy atom. The summed E-state index contributed by atoms with van der Waals surface area (Å²) >= 11 is 0. The van der Waals surface area contributed by atoms with Crippen LogP contribution in [0.1, 0.15) is 41.4 Å².